The summed E-state index contributed by atoms with van der Waals surface area (Å²) in [5.74, 6) is -1.36. The van der Waals surface area contributed by atoms with Crippen molar-refractivity contribution in [1.82, 2.24) is 15.8 Å². The first-order chi connectivity index (χ1) is 14.0. The van der Waals surface area contributed by atoms with Crippen molar-refractivity contribution in [3.63, 3.8) is 0 Å². The van der Waals surface area contributed by atoms with E-state index in [4.69, 9.17) is 4.74 Å². The number of hydrogen-bond acceptors (Lipinski definition) is 5. The number of imide groups is 1. The Balaban J connectivity index is 1.54. The molecule has 1 aromatic rings. The van der Waals surface area contributed by atoms with Gasteiger partial charge in [0.2, 0.25) is 0 Å². The van der Waals surface area contributed by atoms with Crippen LogP contribution in [0.4, 0.5) is 4.79 Å². The van der Waals surface area contributed by atoms with Gasteiger partial charge in [0.25, 0.3) is 11.8 Å². The van der Waals surface area contributed by atoms with Gasteiger partial charge in [0.1, 0.15) is 5.54 Å². The van der Waals surface area contributed by atoms with E-state index in [1.54, 1.807) is 12.1 Å². The summed E-state index contributed by atoms with van der Waals surface area (Å²) >= 11 is 0. The Hall–Kier alpha value is -2.90. The fourth-order valence-corrected chi connectivity index (χ4v) is 3.79. The number of benzene rings is 1. The van der Waals surface area contributed by atoms with Crippen molar-refractivity contribution in [2.24, 2.45) is 5.92 Å². The van der Waals surface area contributed by atoms with E-state index in [0.717, 1.165) is 18.4 Å². The van der Waals surface area contributed by atoms with Gasteiger partial charge in [-0.1, -0.05) is 39.8 Å². The summed E-state index contributed by atoms with van der Waals surface area (Å²) in [6.45, 7) is 7.72. The first kappa shape index (κ1) is 21.8. The largest absolute Gasteiger partial charge is 0.452 e. The highest BCUT2D eigenvalue weighted by Crippen LogP contribution is 2.35. The van der Waals surface area contributed by atoms with E-state index in [0.29, 0.717) is 29.3 Å². The third-order valence-corrected chi connectivity index (χ3v) is 5.85. The molecule has 4 amide bonds. The molecule has 162 valence electrons. The minimum absolute atomic E-state index is 0.0428. The number of amides is 4. The van der Waals surface area contributed by atoms with E-state index in [2.05, 4.69) is 38.4 Å². The van der Waals surface area contributed by atoms with Gasteiger partial charge in [-0.15, -0.1) is 0 Å². The SMILES string of the molecule is CC1CCC2(CC1)NC(=O)N(NC(=O)COC(=O)c1ccc(C(C)(C)C)cc1)C2=O. The molecule has 30 heavy (non-hydrogen) atoms. The summed E-state index contributed by atoms with van der Waals surface area (Å²) in [4.78, 5) is 49.3. The number of hydrogen-bond donors (Lipinski definition) is 2. The Kier molecular flexibility index (Phi) is 5.87. The molecular formula is C22H29N3O5. The summed E-state index contributed by atoms with van der Waals surface area (Å²) in [5.41, 5.74) is 2.66. The molecule has 1 saturated heterocycles. The van der Waals surface area contributed by atoms with Gasteiger partial charge in [0, 0.05) is 0 Å². The van der Waals surface area contributed by atoms with E-state index in [-0.39, 0.29) is 5.41 Å². The van der Waals surface area contributed by atoms with Crippen LogP contribution in [-0.2, 0) is 19.7 Å². The summed E-state index contributed by atoms with van der Waals surface area (Å²) in [7, 11) is 0. The molecule has 2 N–H and O–H groups in total. The number of nitrogens with one attached hydrogen (secondary N) is 2. The van der Waals surface area contributed by atoms with Crippen LogP contribution in [0, 0.1) is 5.92 Å². The molecule has 1 aliphatic carbocycles. The molecule has 2 aliphatic rings. The Labute approximate surface area is 176 Å². The first-order valence-electron chi connectivity index (χ1n) is 10.3. The lowest BCUT2D eigenvalue weighted by atomic mass is 9.77. The lowest BCUT2D eigenvalue weighted by Gasteiger charge is -2.33. The second kappa shape index (κ2) is 8.08. The number of carbonyl (C=O) groups excluding carboxylic acids is 4. The first-order valence-corrected chi connectivity index (χ1v) is 10.3. The topological polar surface area (TPSA) is 105 Å². The van der Waals surface area contributed by atoms with Gasteiger partial charge < -0.3 is 10.1 Å². The van der Waals surface area contributed by atoms with Gasteiger partial charge in [-0.25, -0.2) is 9.59 Å². The normalized spacial score (nSPS) is 24.0. The van der Waals surface area contributed by atoms with Crippen LogP contribution in [0.1, 0.15) is 69.3 Å². The molecule has 0 aromatic heterocycles. The van der Waals surface area contributed by atoms with Crippen LogP contribution < -0.4 is 10.7 Å². The maximum atomic E-state index is 12.7. The molecule has 8 heteroatoms. The number of hydrazine groups is 1. The van der Waals surface area contributed by atoms with Gasteiger partial charge >= 0.3 is 12.0 Å². The molecule has 0 bridgehead atoms. The molecule has 0 radical (unpaired) electrons. The monoisotopic (exact) mass is 415 g/mol. The Bertz CT molecular complexity index is 849. The van der Waals surface area contributed by atoms with Gasteiger partial charge in [-0.05, 0) is 54.7 Å². The van der Waals surface area contributed by atoms with Gasteiger partial charge in [0.05, 0.1) is 5.56 Å². The predicted octanol–water partition coefficient (Wildman–Crippen LogP) is 2.67. The van der Waals surface area contributed by atoms with Gasteiger partial charge in [-0.3, -0.25) is 15.0 Å². The molecule has 1 saturated carbocycles. The number of ether oxygens (including phenoxy) is 1. The van der Waals surface area contributed by atoms with Crippen LogP contribution in [0.3, 0.4) is 0 Å². The van der Waals surface area contributed by atoms with Crippen molar-refractivity contribution in [1.29, 1.82) is 0 Å². The number of carbonyl (C=O) groups is 4. The van der Waals surface area contributed by atoms with Crippen LogP contribution in [-0.4, -0.2) is 41.0 Å². The lowest BCUT2D eigenvalue weighted by molar-refractivity contribution is -0.141. The van der Waals surface area contributed by atoms with Crippen molar-refractivity contribution in [2.75, 3.05) is 6.61 Å². The quantitative estimate of drug-likeness (QED) is 0.581. The van der Waals surface area contributed by atoms with Crippen molar-refractivity contribution in [3.05, 3.63) is 35.4 Å². The van der Waals surface area contributed by atoms with Crippen molar-refractivity contribution < 1.29 is 23.9 Å². The zero-order chi connectivity index (χ0) is 22.1. The second-order valence-corrected chi connectivity index (χ2v) is 9.27. The average molecular weight is 415 g/mol. The average Bonchev–Trinajstić information content (AvgIpc) is 2.92. The molecule has 1 heterocycles. The van der Waals surface area contributed by atoms with E-state index in [1.807, 2.05) is 12.1 Å². The third kappa shape index (κ3) is 4.47. The number of rotatable bonds is 4. The highest BCUT2D eigenvalue weighted by atomic mass is 16.5. The standard InChI is InChI=1S/C22H29N3O5/c1-14-9-11-22(12-10-14)19(28)25(20(29)23-22)24-17(26)13-30-18(27)15-5-7-16(8-6-15)21(2,3)4/h5-8,14H,9-13H2,1-4H3,(H,23,29)(H,24,26). The molecule has 0 unspecified atom stereocenters. The molecule has 1 aromatic carbocycles. The molecule has 2 fully saturated rings. The van der Waals surface area contributed by atoms with Gasteiger partial charge in [0.15, 0.2) is 6.61 Å². The van der Waals surface area contributed by atoms with Crippen molar-refractivity contribution in [2.45, 2.75) is 64.3 Å². The minimum atomic E-state index is -0.942. The Morgan fingerprint density at radius 2 is 1.77 bits per heavy atom. The highest BCUT2D eigenvalue weighted by molar-refractivity contribution is 6.08. The summed E-state index contributed by atoms with van der Waals surface area (Å²) < 4.78 is 5.03. The van der Waals surface area contributed by atoms with E-state index in [1.165, 1.54) is 0 Å². The summed E-state index contributed by atoms with van der Waals surface area (Å²) in [5, 5.41) is 3.42. The third-order valence-electron chi connectivity index (χ3n) is 5.85. The minimum Gasteiger partial charge on any atom is -0.452 e. The van der Waals surface area contributed by atoms with Crippen LogP contribution in [0.2, 0.25) is 0 Å². The fraction of sp³-hybridized carbons (Fsp3) is 0.545. The van der Waals surface area contributed by atoms with Crippen LogP contribution in [0.5, 0.6) is 0 Å². The summed E-state index contributed by atoms with van der Waals surface area (Å²) in [6.07, 6.45) is 2.76. The molecule has 1 spiro atoms. The van der Waals surface area contributed by atoms with Crippen LogP contribution in [0.25, 0.3) is 0 Å². The zero-order valence-corrected chi connectivity index (χ0v) is 17.9. The van der Waals surface area contributed by atoms with Crippen molar-refractivity contribution >= 4 is 23.8 Å². The Morgan fingerprint density at radius 1 is 1.17 bits per heavy atom. The highest BCUT2D eigenvalue weighted by Gasteiger charge is 2.52. The zero-order valence-electron chi connectivity index (χ0n) is 17.9. The molecule has 8 nitrogen and oxygen atoms in total. The summed E-state index contributed by atoms with van der Waals surface area (Å²) in [6, 6.07) is 6.31. The Morgan fingerprint density at radius 3 is 2.33 bits per heavy atom. The van der Waals surface area contributed by atoms with E-state index < -0.39 is 36.0 Å². The van der Waals surface area contributed by atoms with Gasteiger partial charge in [-0.2, -0.15) is 5.01 Å². The molecule has 3 rings (SSSR count). The number of esters is 1. The fourth-order valence-electron chi connectivity index (χ4n) is 3.79. The number of nitrogens with zero attached hydrogens (tertiary/aromatic N) is 1. The van der Waals surface area contributed by atoms with E-state index >= 15 is 0 Å². The van der Waals surface area contributed by atoms with Crippen LogP contribution >= 0.6 is 0 Å². The molecule has 1 aliphatic heterocycles. The van der Waals surface area contributed by atoms with Crippen LogP contribution in [0.15, 0.2) is 24.3 Å². The second-order valence-electron chi connectivity index (χ2n) is 9.27. The predicted molar refractivity (Wildman–Crippen MR) is 109 cm³/mol. The van der Waals surface area contributed by atoms with Crippen molar-refractivity contribution in [3.8, 4) is 0 Å². The maximum Gasteiger partial charge on any atom is 0.344 e. The maximum absolute atomic E-state index is 12.7. The van der Waals surface area contributed by atoms with E-state index in [9.17, 15) is 19.2 Å². The number of urea groups is 1. The molecular weight excluding hydrogens is 386 g/mol. The molecule has 0 atom stereocenters. The lowest BCUT2D eigenvalue weighted by Crippen LogP contribution is -2.52. The smallest absolute Gasteiger partial charge is 0.344 e.